The topological polar surface area (TPSA) is 29.1 Å². The van der Waals surface area contributed by atoms with E-state index in [2.05, 4.69) is 5.32 Å². The van der Waals surface area contributed by atoms with E-state index in [9.17, 15) is 4.79 Å². The number of anilines is 1. The first-order valence-corrected chi connectivity index (χ1v) is 7.10. The number of carbonyl (C=O) groups is 1. The van der Waals surface area contributed by atoms with Gasteiger partial charge in [-0.1, -0.05) is 53.0 Å². The minimum atomic E-state index is -0.0743. The zero-order valence-electron chi connectivity index (χ0n) is 11.1. The van der Waals surface area contributed by atoms with Crippen molar-refractivity contribution in [1.29, 1.82) is 0 Å². The van der Waals surface area contributed by atoms with Gasteiger partial charge in [-0.25, -0.2) is 0 Å². The molecule has 0 atom stereocenters. The predicted molar refractivity (Wildman–Crippen MR) is 84.6 cm³/mol. The number of carbonyl (C=O) groups excluding carboxylic acids is 1. The Morgan fingerprint density at radius 2 is 1.80 bits per heavy atom. The van der Waals surface area contributed by atoms with Gasteiger partial charge in [0, 0.05) is 11.4 Å². The van der Waals surface area contributed by atoms with Crippen molar-refractivity contribution < 1.29 is 4.79 Å². The highest BCUT2D eigenvalue weighted by Gasteiger charge is 2.07. The lowest BCUT2D eigenvalue weighted by atomic mass is 10.1. The fraction of sp³-hybridized carbons (Fsp3) is 0.188. The van der Waals surface area contributed by atoms with Gasteiger partial charge in [0.05, 0.1) is 10.7 Å². The quantitative estimate of drug-likeness (QED) is 0.857. The van der Waals surface area contributed by atoms with E-state index in [0.29, 0.717) is 28.6 Å². The van der Waals surface area contributed by atoms with Gasteiger partial charge in [0.15, 0.2) is 0 Å². The lowest BCUT2D eigenvalue weighted by Gasteiger charge is -2.08. The standard InChI is InChI=1S/C16H15Cl2NO/c1-11-2-4-12(5-3-11)6-9-16(20)19-15-10-13(17)7-8-14(15)18/h2-5,7-8,10H,6,9H2,1H3,(H,19,20). The molecule has 4 heteroatoms. The predicted octanol–water partition coefficient (Wildman–Crippen LogP) is 4.87. The van der Waals surface area contributed by atoms with Gasteiger partial charge in [0.2, 0.25) is 5.91 Å². The van der Waals surface area contributed by atoms with E-state index < -0.39 is 0 Å². The summed E-state index contributed by atoms with van der Waals surface area (Å²) in [5.74, 6) is -0.0743. The molecule has 104 valence electrons. The van der Waals surface area contributed by atoms with Crippen molar-refractivity contribution in [3.8, 4) is 0 Å². The first-order chi connectivity index (χ1) is 9.54. The normalized spacial score (nSPS) is 10.3. The van der Waals surface area contributed by atoms with Crippen LogP contribution in [0.2, 0.25) is 10.0 Å². The lowest BCUT2D eigenvalue weighted by Crippen LogP contribution is -2.12. The molecule has 0 heterocycles. The minimum Gasteiger partial charge on any atom is -0.325 e. The molecule has 2 nitrogen and oxygen atoms in total. The summed E-state index contributed by atoms with van der Waals surface area (Å²) < 4.78 is 0. The molecule has 20 heavy (non-hydrogen) atoms. The number of rotatable bonds is 4. The number of halogens is 2. The van der Waals surface area contributed by atoms with Crippen molar-refractivity contribution in [2.45, 2.75) is 19.8 Å². The molecule has 0 unspecified atom stereocenters. The third-order valence-corrected chi connectivity index (χ3v) is 3.53. The van der Waals surface area contributed by atoms with Crippen LogP contribution in [0.25, 0.3) is 0 Å². The van der Waals surface area contributed by atoms with Crippen molar-refractivity contribution in [1.82, 2.24) is 0 Å². The molecular formula is C16H15Cl2NO. The van der Waals surface area contributed by atoms with Gasteiger partial charge in [-0.15, -0.1) is 0 Å². The molecule has 2 aromatic carbocycles. The summed E-state index contributed by atoms with van der Waals surface area (Å²) in [5, 5.41) is 3.81. The van der Waals surface area contributed by atoms with Gasteiger partial charge >= 0.3 is 0 Å². The van der Waals surface area contributed by atoms with Crippen molar-refractivity contribution in [3.05, 3.63) is 63.6 Å². The number of nitrogens with one attached hydrogen (secondary N) is 1. The van der Waals surface area contributed by atoms with Gasteiger partial charge in [0.25, 0.3) is 0 Å². The SMILES string of the molecule is Cc1ccc(CCC(=O)Nc2cc(Cl)ccc2Cl)cc1. The Morgan fingerprint density at radius 1 is 1.10 bits per heavy atom. The lowest BCUT2D eigenvalue weighted by molar-refractivity contribution is -0.116. The molecule has 0 bridgehead atoms. The summed E-state index contributed by atoms with van der Waals surface area (Å²) in [4.78, 5) is 11.9. The van der Waals surface area contributed by atoms with Crippen LogP contribution in [0.15, 0.2) is 42.5 Å². The summed E-state index contributed by atoms with van der Waals surface area (Å²) in [7, 11) is 0. The fourth-order valence-corrected chi connectivity index (χ4v) is 2.16. The Hall–Kier alpha value is -1.51. The molecular weight excluding hydrogens is 293 g/mol. The van der Waals surface area contributed by atoms with Crippen LogP contribution in [0.3, 0.4) is 0 Å². The Morgan fingerprint density at radius 3 is 2.50 bits per heavy atom. The third-order valence-electron chi connectivity index (χ3n) is 2.96. The highest BCUT2D eigenvalue weighted by atomic mass is 35.5. The molecule has 2 aromatic rings. The fourth-order valence-electron chi connectivity index (χ4n) is 1.82. The Labute approximate surface area is 128 Å². The van der Waals surface area contributed by atoms with Crippen molar-refractivity contribution >= 4 is 34.8 Å². The molecule has 0 saturated carbocycles. The molecule has 2 rings (SSSR count). The molecule has 0 saturated heterocycles. The van der Waals surface area contributed by atoms with Gasteiger partial charge in [-0.3, -0.25) is 4.79 Å². The molecule has 1 N–H and O–H groups in total. The van der Waals surface area contributed by atoms with Crippen LogP contribution in [0.1, 0.15) is 17.5 Å². The van der Waals surface area contributed by atoms with Crippen molar-refractivity contribution in [2.75, 3.05) is 5.32 Å². The Bertz CT molecular complexity index is 608. The van der Waals surface area contributed by atoms with E-state index in [4.69, 9.17) is 23.2 Å². The van der Waals surface area contributed by atoms with Crippen LogP contribution in [0.4, 0.5) is 5.69 Å². The van der Waals surface area contributed by atoms with Crippen LogP contribution in [-0.4, -0.2) is 5.91 Å². The average Bonchev–Trinajstić information content (AvgIpc) is 2.42. The minimum absolute atomic E-state index is 0.0743. The van der Waals surface area contributed by atoms with Crippen molar-refractivity contribution in [2.24, 2.45) is 0 Å². The molecule has 0 aliphatic carbocycles. The number of benzene rings is 2. The van der Waals surface area contributed by atoms with Crippen LogP contribution in [0.5, 0.6) is 0 Å². The molecule has 1 amide bonds. The molecule has 0 spiro atoms. The molecule has 0 fully saturated rings. The summed E-state index contributed by atoms with van der Waals surface area (Å²) in [6.45, 7) is 2.04. The number of hydrogen-bond donors (Lipinski definition) is 1. The first kappa shape index (κ1) is 14.9. The van der Waals surface area contributed by atoms with Gasteiger partial charge < -0.3 is 5.32 Å². The highest BCUT2D eigenvalue weighted by molar-refractivity contribution is 6.35. The average molecular weight is 308 g/mol. The van der Waals surface area contributed by atoms with Crippen LogP contribution >= 0.6 is 23.2 Å². The summed E-state index contributed by atoms with van der Waals surface area (Å²) in [6, 6.07) is 13.2. The second kappa shape index (κ2) is 6.78. The van der Waals surface area contributed by atoms with E-state index >= 15 is 0 Å². The summed E-state index contributed by atoms with van der Waals surface area (Å²) in [6.07, 6.45) is 1.11. The first-order valence-electron chi connectivity index (χ1n) is 6.35. The summed E-state index contributed by atoms with van der Waals surface area (Å²) >= 11 is 11.9. The maximum atomic E-state index is 11.9. The highest BCUT2D eigenvalue weighted by Crippen LogP contribution is 2.25. The third kappa shape index (κ3) is 4.26. The Kier molecular flexibility index (Phi) is 5.05. The van der Waals surface area contributed by atoms with E-state index in [1.54, 1.807) is 18.2 Å². The van der Waals surface area contributed by atoms with E-state index in [-0.39, 0.29) is 5.91 Å². The van der Waals surface area contributed by atoms with E-state index in [1.165, 1.54) is 5.56 Å². The number of hydrogen-bond acceptors (Lipinski definition) is 1. The largest absolute Gasteiger partial charge is 0.325 e. The van der Waals surface area contributed by atoms with Gasteiger partial charge in [-0.05, 0) is 37.1 Å². The van der Waals surface area contributed by atoms with E-state index in [0.717, 1.165) is 5.56 Å². The van der Waals surface area contributed by atoms with Crippen LogP contribution < -0.4 is 5.32 Å². The second-order valence-corrected chi connectivity index (χ2v) is 5.50. The molecule has 0 aliphatic heterocycles. The maximum absolute atomic E-state index is 11.9. The van der Waals surface area contributed by atoms with Crippen molar-refractivity contribution in [3.63, 3.8) is 0 Å². The number of aryl methyl sites for hydroxylation is 2. The zero-order chi connectivity index (χ0) is 14.5. The van der Waals surface area contributed by atoms with Gasteiger partial charge in [-0.2, -0.15) is 0 Å². The zero-order valence-corrected chi connectivity index (χ0v) is 12.6. The maximum Gasteiger partial charge on any atom is 0.224 e. The monoisotopic (exact) mass is 307 g/mol. The molecule has 0 aromatic heterocycles. The van der Waals surface area contributed by atoms with Gasteiger partial charge in [0.1, 0.15) is 0 Å². The van der Waals surface area contributed by atoms with Crippen LogP contribution in [0, 0.1) is 6.92 Å². The second-order valence-electron chi connectivity index (χ2n) is 4.66. The Balaban J connectivity index is 1.92. The summed E-state index contributed by atoms with van der Waals surface area (Å²) in [5.41, 5.74) is 2.90. The van der Waals surface area contributed by atoms with Crippen LogP contribution in [-0.2, 0) is 11.2 Å². The molecule has 0 radical (unpaired) electrons. The molecule has 0 aliphatic rings. The number of amides is 1. The van der Waals surface area contributed by atoms with E-state index in [1.807, 2.05) is 31.2 Å². The smallest absolute Gasteiger partial charge is 0.224 e.